The van der Waals surface area contributed by atoms with Crippen molar-refractivity contribution in [1.29, 1.82) is 0 Å². The van der Waals surface area contributed by atoms with Crippen LogP contribution < -0.4 is 5.73 Å². The minimum atomic E-state index is 0.408. The van der Waals surface area contributed by atoms with E-state index in [1.54, 1.807) is 0 Å². The first-order valence-electron chi connectivity index (χ1n) is 4.91. The second-order valence-electron chi connectivity index (χ2n) is 3.88. The van der Waals surface area contributed by atoms with Crippen LogP contribution in [0.1, 0.15) is 32.1 Å². The van der Waals surface area contributed by atoms with Crippen LogP contribution >= 0.6 is 0 Å². The Hall–Kier alpha value is -0.340. The highest BCUT2D eigenvalue weighted by atomic mass is 16.5. The highest BCUT2D eigenvalue weighted by Gasteiger charge is 2.18. The first-order chi connectivity index (χ1) is 5.84. The maximum absolute atomic E-state index is 5.82. The van der Waals surface area contributed by atoms with Gasteiger partial charge in [-0.15, -0.1) is 0 Å². The Balaban J connectivity index is 1.90. The molecule has 0 amide bonds. The predicted octanol–water partition coefficient (Wildman–Crippen LogP) is 1.60. The van der Waals surface area contributed by atoms with Crippen molar-refractivity contribution >= 4 is 0 Å². The summed E-state index contributed by atoms with van der Waals surface area (Å²) in [5.74, 6) is 0. The summed E-state index contributed by atoms with van der Waals surface area (Å²) in [7, 11) is 0. The van der Waals surface area contributed by atoms with Gasteiger partial charge in [0.2, 0.25) is 0 Å². The quantitative estimate of drug-likeness (QED) is 0.602. The third kappa shape index (κ3) is 1.87. The first-order valence-corrected chi connectivity index (χ1v) is 4.91. The van der Waals surface area contributed by atoms with Crippen molar-refractivity contribution in [2.75, 3.05) is 6.61 Å². The predicted molar refractivity (Wildman–Crippen MR) is 48.9 cm³/mol. The van der Waals surface area contributed by atoms with Crippen LogP contribution in [0.3, 0.4) is 0 Å². The molecule has 0 bridgehead atoms. The Morgan fingerprint density at radius 1 is 1.42 bits per heavy atom. The van der Waals surface area contributed by atoms with E-state index in [1.165, 1.54) is 31.3 Å². The molecule has 0 radical (unpaired) electrons. The second kappa shape index (κ2) is 3.58. The van der Waals surface area contributed by atoms with E-state index in [1.807, 2.05) is 0 Å². The van der Waals surface area contributed by atoms with Gasteiger partial charge in [-0.25, -0.2) is 0 Å². The van der Waals surface area contributed by atoms with E-state index >= 15 is 0 Å². The van der Waals surface area contributed by atoms with Crippen LogP contribution in [0.2, 0.25) is 0 Å². The topological polar surface area (TPSA) is 35.2 Å². The fourth-order valence-electron chi connectivity index (χ4n) is 2.06. The van der Waals surface area contributed by atoms with Gasteiger partial charge in [-0.1, -0.05) is 11.6 Å². The lowest BCUT2D eigenvalue weighted by Gasteiger charge is -2.04. The highest BCUT2D eigenvalue weighted by molar-refractivity contribution is 5.12. The smallest absolute Gasteiger partial charge is 0.0759 e. The van der Waals surface area contributed by atoms with Gasteiger partial charge in [0.25, 0.3) is 0 Å². The largest absolute Gasteiger partial charge is 0.374 e. The number of ether oxygens (including phenoxy) is 1. The zero-order valence-electron chi connectivity index (χ0n) is 7.46. The summed E-state index contributed by atoms with van der Waals surface area (Å²) in [6, 6.07) is 0.414. The highest BCUT2D eigenvalue weighted by Crippen LogP contribution is 2.25. The van der Waals surface area contributed by atoms with Gasteiger partial charge < -0.3 is 10.5 Å². The van der Waals surface area contributed by atoms with Crippen LogP contribution in [0.4, 0.5) is 0 Å². The molecule has 68 valence electrons. The Morgan fingerprint density at radius 3 is 2.92 bits per heavy atom. The third-order valence-electron chi connectivity index (χ3n) is 2.75. The molecule has 0 aromatic heterocycles. The fraction of sp³-hybridized carbons (Fsp3) is 0.800. The molecule has 1 aliphatic carbocycles. The minimum absolute atomic E-state index is 0.408. The number of rotatable bonds is 1. The van der Waals surface area contributed by atoms with Crippen molar-refractivity contribution in [3.63, 3.8) is 0 Å². The molecule has 2 atom stereocenters. The minimum Gasteiger partial charge on any atom is -0.374 e. The maximum atomic E-state index is 5.82. The van der Waals surface area contributed by atoms with Crippen LogP contribution in [-0.4, -0.2) is 18.8 Å². The van der Waals surface area contributed by atoms with E-state index in [0.717, 1.165) is 13.0 Å². The van der Waals surface area contributed by atoms with Gasteiger partial charge >= 0.3 is 0 Å². The first kappa shape index (κ1) is 8.27. The van der Waals surface area contributed by atoms with Crippen LogP contribution in [0.15, 0.2) is 11.6 Å². The molecule has 2 fully saturated rings. The molecular formula is C10H17NO. The molecule has 0 aromatic rings. The lowest BCUT2D eigenvalue weighted by molar-refractivity contribution is 0.145. The van der Waals surface area contributed by atoms with E-state index in [4.69, 9.17) is 10.5 Å². The van der Waals surface area contributed by atoms with Crippen LogP contribution in [0.5, 0.6) is 0 Å². The molecule has 1 saturated heterocycles. The Morgan fingerprint density at radius 2 is 2.33 bits per heavy atom. The summed E-state index contributed by atoms with van der Waals surface area (Å²) < 4.78 is 5.53. The molecule has 2 nitrogen and oxygen atoms in total. The average Bonchev–Trinajstić information content (AvgIpc) is 2.63. The molecule has 2 unspecified atom stereocenters. The van der Waals surface area contributed by atoms with Gasteiger partial charge in [-0.3, -0.25) is 0 Å². The van der Waals surface area contributed by atoms with Gasteiger partial charge in [0.15, 0.2) is 0 Å². The zero-order chi connectivity index (χ0) is 8.39. The third-order valence-corrected chi connectivity index (χ3v) is 2.75. The van der Waals surface area contributed by atoms with Crippen molar-refractivity contribution in [3.8, 4) is 0 Å². The van der Waals surface area contributed by atoms with Gasteiger partial charge in [0.05, 0.1) is 6.10 Å². The summed E-state index contributed by atoms with van der Waals surface area (Å²) in [4.78, 5) is 0. The van der Waals surface area contributed by atoms with E-state index in [-0.39, 0.29) is 0 Å². The normalized spacial score (nSPS) is 39.6. The lowest BCUT2D eigenvalue weighted by atomic mass is 10.1. The Kier molecular flexibility index (Phi) is 2.47. The van der Waals surface area contributed by atoms with Crippen molar-refractivity contribution < 1.29 is 4.74 Å². The molecular weight excluding hydrogens is 150 g/mol. The van der Waals surface area contributed by atoms with Gasteiger partial charge in [0, 0.05) is 12.6 Å². The summed E-state index contributed by atoms with van der Waals surface area (Å²) in [6.45, 7) is 0.945. The standard InChI is InChI=1S/C10H17NO/c11-9-4-3-8(6-9)7-10-2-1-5-12-10/h7,9-10H,1-6,11H2/b8-7-. The second-order valence-corrected chi connectivity index (χ2v) is 3.88. The van der Waals surface area contributed by atoms with Crippen molar-refractivity contribution in [3.05, 3.63) is 11.6 Å². The molecule has 0 aromatic carbocycles. The van der Waals surface area contributed by atoms with Gasteiger partial charge in [-0.2, -0.15) is 0 Å². The molecule has 2 N–H and O–H groups in total. The zero-order valence-corrected chi connectivity index (χ0v) is 7.46. The lowest BCUT2D eigenvalue weighted by Crippen LogP contribution is -2.13. The van der Waals surface area contributed by atoms with Crippen LogP contribution in [0.25, 0.3) is 0 Å². The van der Waals surface area contributed by atoms with E-state index in [9.17, 15) is 0 Å². The molecule has 1 heterocycles. The molecule has 2 heteroatoms. The van der Waals surface area contributed by atoms with Crippen molar-refractivity contribution in [2.24, 2.45) is 5.73 Å². The average molecular weight is 167 g/mol. The van der Waals surface area contributed by atoms with E-state index in [2.05, 4.69) is 6.08 Å². The molecule has 1 aliphatic heterocycles. The molecule has 1 saturated carbocycles. The Bertz CT molecular complexity index is 182. The van der Waals surface area contributed by atoms with E-state index in [0.29, 0.717) is 12.1 Å². The number of nitrogens with two attached hydrogens (primary N) is 1. The molecule has 2 aliphatic rings. The summed E-state index contributed by atoms with van der Waals surface area (Å²) >= 11 is 0. The van der Waals surface area contributed by atoms with Crippen molar-refractivity contribution in [2.45, 2.75) is 44.2 Å². The van der Waals surface area contributed by atoms with Gasteiger partial charge in [0.1, 0.15) is 0 Å². The monoisotopic (exact) mass is 167 g/mol. The summed E-state index contributed by atoms with van der Waals surface area (Å²) in [5.41, 5.74) is 7.34. The maximum Gasteiger partial charge on any atom is 0.0759 e. The summed E-state index contributed by atoms with van der Waals surface area (Å²) in [5, 5.41) is 0. The number of hydrogen-bond acceptors (Lipinski definition) is 2. The fourth-order valence-corrected chi connectivity index (χ4v) is 2.06. The van der Waals surface area contributed by atoms with Crippen LogP contribution in [-0.2, 0) is 4.74 Å². The molecule has 12 heavy (non-hydrogen) atoms. The van der Waals surface area contributed by atoms with Crippen molar-refractivity contribution in [1.82, 2.24) is 0 Å². The van der Waals surface area contributed by atoms with E-state index < -0.39 is 0 Å². The summed E-state index contributed by atoms with van der Waals surface area (Å²) in [6.07, 6.45) is 8.60. The Labute approximate surface area is 73.8 Å². The van der Waals surface area contributed by atoms with Gasteiger partial charge in [-0.05, 0) is 32.1 Å². The molecule has 2 rings (SSSR count). The van der Waals surface area contributed by atoms with Crippen LogP contribution in [0, 0.1) is 0 Å². The SMILES string of the molecule is NC1CC/C(=C/C2CCCO2)C1. The molecule has 0 spiro atoms. The number of hydrogen-bond donors (Lipinski definition) is 1.